The monoisotopic (exact) mass is 307 g/mol. The molecule has 0 bridgehead atoms. The molecule has 0 spiro atoms. The van der Waals surface area contributed by atoms with Crippen molar-refractivity contribution in [3.63, 3.8) is 0 Å². The Morgan fingerprint density at radius 3 is 2.33 bits per heavy atom. The van der Waals surface area contributed by atoms with Crippen LogP contribution in [0.5, 0.6) is 0 Å². The third kappa shape index (κ3) is 3.58. The molecule has 0 saturated heterocycles. The number of benzene rings is 1. The van der Waals surface area contributed by atoms with Crippen LogP contribution in [0.2, 0.25) is 0 Å². The summed E-state index contributed by atoms with van der Waals surface area (Å²) in [4.78, 5) is 12.0. The lowest BCUT2D eigenvalue weighted by molar-refractivity contribution is -0.137. The van der Waals surface area contributed by atoms with Crippen molar-refractivity contribution in [2.24, 2.45) is 0 Å². The number of allylic oxidation sites excluding steroid dienone is 1. The van der Waals surface area contributed by atoms with Crippen molar-refractivity contribution in [2.75, 3.05) is 0 Å². The van der Waals surface area contributed by atoms with Crippen LogP contribution in [-0.2, 0) is 6.18 Å². The van der Waals surface area contributed by atoms with Gasteiger partial charge in [-0.2, -0.15) is 29.8 Å². The van der Waals surface area contributed by atoms with E-state index in [0.29, 0.717) is 11.1 Å². The molecule has 2 nitrogen and oxygen atoms in total. The molecular formula is C15H8F3NOS. The van der Waals surface area contributed by atoms with Crippen LogP contribution in [0.1, 0.15) is 21.5 Å². The number of carbonyl (C=O) groups is 1. The highest BCUT2D eigenvalue weighted by Gasteiger charge is 2.29. The average Bonchev–Trinajstić information content (AvgIpc) is 2.97. The standard InChI is InChI=1S/C15H8F3NOS/c16-15(17,18)13-3-1-10(2-4-13)7-12(8-19)14(20)11-5-6-21-9-11/h1-7,9H. The van der Waals surface area contributed by atoms with E-state index in [2.05, 4.69) is 0 Å². The lowest BCUT2D eigenvalue weighted by atomic mass is 10.0. The molecule has 1 heterocycles. The van der Waals surface area contributed by atoms with Gasteiger partial charge < -0.3 is 0 Å². The van der Waals surface area contributed by atoms with Gasteiger partial charge in [0.1, 0.15) is 11.6 Å². The molecular weight excluding hydrogens is 299 g/mol. The van der Waals surface area contributed by atoms with Crippen LogP contribution in [-0.4, -0.2) is 5.78 Å². The average molecular weight is 307 g/mol. The van der Waals surface area contributed by atoms with Gasteiger partial charge in [-0.1, -0.05) is 12.1 Å². The minimum atomic E-state index is -4.41. The molecule has 0 amide bonds. The van der Waals surface area contributed by atoms with Crippen molar-refractivity contribution in [3.8, 4) is 6.07 Å². The van der Waals surface area contributed by atoms with E-state index in [-0.39, 0.29) is 5.57 Å². The van der Waals surface area contributed by atoms with Crippen molar-refractivity contribution >= 4 is 23.2 Å². The summed E-state index contributed by atoms with van der Waals surface area (Å²) in [5.74, 6) is -0.446. The number of Topliss-reactive ketones (excluding diaryl/α,β-unsaturated/α-hetero) is 1. The maximum Gasteiger partial charge on any atom is 0.416 e. The summed E-state index contributed by atoms with van der Waals surface area (Å²) in [7, 11) is 0. The third-order valence-electron chi connectivity index (χ3n) is 2.70. The second-order valence-electron chi connectivity index (χ2n) is 4.13. The SMILES string of the molecule is N#CC(=Cc1ccc(C(F)(F)F)cc1)C(=O)c1ccsc1. The fraction of sp³-hybridized carbons (Fsp3) is 0.0667. The van der Waals surface area contributed by atoms with E-state index in [9.17, 15) is 18.0 Å². The van der Waals surface area contributed by atoms with E-state index in [4.69, 9.17) is 5.26 Å². The Bertz CT molecular complexity index is 707. The zero-order chi connectivity index (χ0) is 15.5. The lowest BCUT2D eigenvalue weighted by Gasteiger charge is -2.06. The van der Waals surface area contributed by atoms with E-state index in [1.54, 1.807) is 22.9 Å². The fourth-order valence-electron chi connectivity index (χ4n) is 1.63. The first-order valence-corrected chi connectivity index (χ1v) is 6.72. The second-order valence-corrected chi connectivity index (χ2v) is 4.91. The molecule has 1 aromatic carbocycles. The number of thiophene rings is 1. The van der Waals surface area contributed by atoms with Crippen molar-refractivity contribution in [1.29, 1.82) is 5.26 Å². The molecule has 0 N–H and O–H groups in total. The summed E-state index contributed by atoms with van der Waals surface area (Å²) in [5.41, 5.74) is -0.140. The van der Waals surface area contributed by atoms with Crippen LogP contribution in [0.15, 0.2) is 46.7 Å². The number of hydrogen-bond acceptors (Lipinski definition) is 3. The predicted octanol–water partition coefficient (Wildman–Crippen LogP) is 4.56. The largest absolute Gasteiger partial charge is 0.416 e. The number of carbonyl (C=O) groups excluding carboxylic acids is 1. The van der Waals surface area contributed by atoms with Crippen molar-refractivity contribution in [2.45, 2.75) is 6.18 Å². The Balaban J connectivity index is 2.29. The molecule has 2 rings (SSSR count). The van der Waals surface area contributed by atoms with Gasteiger partial charge in [0.05, 0.1) is 5.56 Å². The molecule has 0 atom stereocenters. The molecule has 2 aromatic rings. The van der Waals surface area contributed by atoms with Gasteiger partial charge in [0.15, 0.2) is 0 Å². The summed E-state index contributed by atoms with van der Waals surface area (Å²) < 4.78 is 37.3. The van der Waals surface area contributed by atoms with Crippen molar-refractivity contribution in [3.05, 3.63) is 63.4 Å². The topological polar surface area (TPSA) is 40.9 Å². The van der Waals surface area contributed by atoms with Gasteiger partial charge in [-0.3, -0.25) is 4.79 Å². The Kier molecular flexibility index (Phi) is 4.24. The zero-order valence-corrected chi connectivity index (χ0v) is 11.3. The predicted molar refractivity (Wildman–Crippen MR) is 73.7 cm³/mol. The number of rotatable bonds is 3. The van der Waals surface area contributed by atoms with Crippen LogP contribution in [0.25, 0.3) is 6.08 Å². The van der Waals surface area contributed by atoms with E-state index in [1.807, 2.05) is 0 Å². The molecule has 0 aliphatic rings. The Morgan fingerprint density at radius 2 is 1.86 bits per heavy atom. The molecule has 6 heteroatoms. The molecule has 0 aliphatic heterocycles. The highest BCUT2D eigenvalue weighted by Crippen LogP contribution is 2.29. The number of nitrogens with zero attached hydrogens (tertiary/aromatic N) is 1. The number of alkyl halides is 3. The molecule has 0 saturated carbocycles. The Morgan fingerprint density at radius 1 is 1.19 bits per heavy atom. The normalized spacial score (nSPS) is 12.0. The maximum atomic E-state index is 12.4. The quantitative estimate of drug-likeness (QED) is 0.474. The fourth-order valence-corrected chi connectivity index (χ4v) is 2.27. The summed E-state index contributed by atoms with van der Waals surface area (Å²) in [6, 6.07) is 7.64. The maximum absolute atomic E-state index is 12.4. The Labute approximate surface area is 122 Å². The van der Waals surface area contributed by atoms with Crippen LogP contribution in [0.4, 0.5) is 13.2 Å². The molecule has 106 valence electrons. The van der Waals surface area contributed by atoms with Crippen molar-refractivity contribution in [1.82, 2.24) is 0 Å². The van der Waals surface area contributed by atoms with Gasteiger partial charge in [0.25, 0.3) is 0 Å². The molecule has 0 fully saturated rings. The van der Waals surface area contributed by atoms with Crippen LogP contribution in [0.3, 0.4) is 0 Å². The van der Waals surface area contributed by atoms with E-state index in [1.165, 1.54) is 29.5 Å². The van der Waals surface area contributed by atoms with Gasteiger partial charge in [0.2, 0.25) is 5.78 Å². The summed E-state index contributed by atoms with van der Waals surface area (Å²) in [6.07, 6.45) is -3.13. The van der Waals surface area contributed by atoms with Gasteiger partial charge in [-0.25, -0.2) is 0 Å². The number of nitriles is 1. The van der Waals surface area contributed by atoms with Crippen LogP contribution in [0, 0.1) is 11.3 Å². The van der Waals surface area contributed by atoms with Crippen LogP contribution < -0.4 is 0 Å². The van der Waals surface area contributed by atoms with Crippen molar-refractivity contribution < 1.29 is 18.0 Å². The van der Waals surface area contributed by atoms with Gasteiger partial charge in [0, 0.05) is 10.9 Å². The minimum Gasteiger partial charge on any atom is -0.288 e. The van der Waals surface area contributed by atoms with Gasteiger partial charge >= 0.3 is 6.18 Å². The van der Waals surface area contributed by atoms with Crippen LogP contribution >= 0.6 is 11.3 Å². The number of hydrogen-bond donors (Lipinski definition) is 0. The first kappa shape index (κ1) is 15.0. The zero-order valence-electron chi connectivity index (χ0n) is 10.5. The summed E-state index contributed by atoms with van der Waals surface area (Å²) in [6.45, 7) is 0. The van der Waals surface area contributed by atoms with Gasteiger partial charge in [-0.05, 0) is 35.2 Å². The molecule has 1 aromatic heterocycles. The minimum absolute atomic E-state index is 0.117. The summed E-state index contributed by atoms with van der Waals surface area (Å²) in [5, 5.41) is 12.3. The molecule has 0 radical (unpaired) electrons. The Hall–Kier alpha value is -2.39. The smallest absolute Gasteiger partial charge is 0.288 e. The third-order valence-corrected chi connectivity index (χ3v) is 3.38. The van der Waals surface area contributed by atoms with E-state index < -0.39 is 17.5 Å². The van der Waals surface area contributed by atoms with Gasteiger partial charge in [-0.15, -0.1) is 0 Å². The molecule has 0 aliphatic carbocycles. The highest BCUT2D eigenvalue weighted by molar-refractivity contribution is 7.08. The molecule has 0 unspecified atom stereocenters. The first-order valence-electron chi connectivity index (χ1n) is 5.78. The summed E-state index contributed by atoms with van der Waals surface area (Å²) >= 11 is 1.32. The van der Waals surface area contributed by atoms with E-state index >= 15 is 0 Å². The first-order chi connectivity index (χ1) is 9.91. The number of ketones is 1. The highest BCUT2D eigenvalue weighted by atomic mass is 32.1. The molecule has 21 heavy (non-hydrogen) atoms. The van der Waals surface area contributed by atoms with E-state index in [0.717, 1.165) is 12.1 Å². The second kappa shape index (κ2) is 5.94. The number of halogens is 3. The lowest BCUT2D eigenvalue weighted by Crippen LogP contribution is -2.04.